The molecule has 4 bridgehead atoms. The van der Waals surface area contributed by atoms with Crippen LogP contribution in [0.3, 0.4) is 0 Å². The second-order valence-corrected chi connectivity index (χ2v) is 7.18. The molecule has 3 nitrogen and oxygen atoms in total. The number of aliphatic carboxylic acids is 1. The van der Waals surface area contributed by atoms with E-state index in [2.05, 4.69) is 0 Å². The lowest BCUT2D eigenvalue weighted by Crippen LogP contribution is -2.61. The van der Waals surface area contributed by atoms with Gasteiger partial charge in [-0.05, 0) is 41.9 Å². The number of alkyl halides is 2. The van der Waals surface area contributed by atoms with Crippen molar-refractivity contribution in [3.63, 3.8) is 0 Å². The molecule has 1 N–H and O–H groups in total. The van der Waals surface area contributed by atoms with E-state index in [4.69, 9.17) is 9.84 Å². The molecule has 0 aromatic heterocycles. The molecule has 5 saturated carbocycles. The highest BCUT2D eigenvalue weighted by Crippen LogP contribution is 2.91. The Labute approximate surface area is 101 Å². The normalized spacial score (nSPS) is 71.6. The Kier molecular flexibility index (Phi) is 1.04. The fourth-order valence-corrected chi connectivity index (χ4v) is 7.67. The van der Waals surface area contributed by atoms with Crippen LogP contribution in [0, 0.1) is 47.3 Å². The Morgan fingerprint density at radius 3 is 2.67 bits per heavy atom. The molecule has 5 heteroatoms. The van der Waals surface area contributed by atoms with Gasteiger partial charge in [0.15, 0.2) is 5.60 Å². The smallest absolute Gasteiger partial charge is 0.377 e. The molecule has 7 fully saturated rings. The maximum atomic E-state index is 14.3. The van der Waals surface area contributed by atoms with Crippen molar-refractivity contribution in [1.29, 1.82) is 0 Å². The van der Waals surface area contributed by atoms with E-state index in [0.29, 0.717) is 23.7 Å². The van der Waals surface area contributed by atoms with Gasteiger partial charge in [0.2, 0.25) is 0 Å². The van der Waals surface area contributed by atoms with E-state index >= 15 is 0 Å². The number of carbonyl (C=O) groups is 1. The number of rotatable bonds is 2. The monoisotopic (exact) mass is 254 g/mol. The lowest BCUT2D eigenvalue weighted by atomic mass is 9.56. The zero-order valence-electron chi connectivity index (χ0n) is 9.42. The van der Waals surface area contributed by atoms with Crippen molar-refractivity contribution in [2.75, 3.05) is 0 Å². The van der Waals surface area contributed by atoms with Gasteiger partial charge in [-0.15, -0.1) is 0 Å². The molecular formula is C13H12F2O3. The minimum atomic E-state index is -3.71. The first-order valence-corrected chi connectivity index (χ1v) is 6.81. The molecule has 0 aromatic rings. The lowest BCUT2D eigenvalue weighted by molar-refractivity contribution is -0.222. The van der Waals surface area contributed by atoms with Crippen LogP contribution >= 0.6 is 0 Å². The fourth-order valence-electron chi connectivity index (χ4n) is 7.67. The molecule has 18 heavy (non-hydrogen) atoms. The van der Waals surface area contributed by atoms with E-state index in [0.717, 1.165) is 6.42 Å². The highest BCUT2D eigenvalue weighted by Gasteiger charge is 2.97. The average Bonchev–Trinajstić information content (AvgIpc) is 2.86. The third kappa shape index (κ3) is 0.497. The van der Waals surface area contributed by atoms with Crippen LogP contribution in [0.5, 0.6) is 0 Å². The fraction of sp³-hybridized carbons (Fsp3) is 0.923. The van der Waals surface area contributed by atoms with Crippen molar-refractivity contribution in [2.24, 2.45) is 47.3 Å². The van der Waals surface area contributed by atoms with Gasteiger partial charge in [0.05, 0.1) is 6.10 Å². The Hall–Kier alpha value is -0.710. The Bertz CT molecular complexity index is 524. The molecule has 96 valence electrons. The van der Waals surface area contributed by atoms with Gasteiger partial charge >= 0.3 is 11.9 Å². The van der Waals surface area contributed by atoms with Gasteiger partial charge in [-0.25, -0.2) is 4.79 Å². The molecule has 0 spiro atoms. The zero-order valence-corrected chi connectivity index (χ0v) is 9.42. The number of carboxylic acids is 1. The highest BCUT2D eigenvalue weighted by molar-refractivity contribution is 5.78. The van der Waals surface area contributed by atoms with Crippen LogP contribution in [0.2, 0.25) is 0 Å². The van der Waals surface area contributed by atoms with Crippen LogP contribution in [0.15, 0.2) is 0 Å². The number of halogens is 2. The topological polar surface area (TPSA) is 46.5 Å². The van der Waals surface area contributed by atoms with Gasteiger partial charge in [0.25, 0.3) is 0 Å². The SMILES string of the molecule is O=C(O)C(F)(F)[C@]12O[C@@H]3[C@H]4[C@@H]5[C@@H]6C[C@H]([C@H]5[C@H]41)[C@H]2[C@@H]63. The van der Waals surface area contributed by atoms with Crippen LogP contribution in [-0.2, 0) is 9.53 Å². The molecule has 0 amide bonds. The van der Waals surface area contributed by atoms with Crippen molar-refractivity contribution in [3.05, 3.63) is 0 Å². The van der Waals surface area contributed by atoms with Gasteiger partial charge in [-0.2, -0.15) is 8.78 Å². The largest absolute Gasteiger partial charge is 0.477 e. The summed E-state index contributed by atoms with van der Waals surface area (Å²) in [5, 5.41) is 8.95. The lowest BCUT2D eigenvalue weighted by Gasteiger charge is -2.46. The summed E-state index contributed by atoms with van der Waals surface area (Å²) in [6.07, 6.45) is 1.03. The first kappa shape index (κ1) is 9.23. The summed E-state index contributed by atoms with van der Waals surface area (Å²) in [4.78, 5) is 11.0. The minimum absolute atomic E-state index is 0.0380. The van der Waals surface area contributed by atoms with Crippen LogP contribution in [0.4, 0.5) is 8.78 Å². The Morgan fingerprint density at radius 2 is 1.94 bits per heavy atom. The van der Waals surface area contributed by atoms with Gasteiger partial charge in [-0.1, -0.05) is 0 Å². The van der Waals surface area contributed by atoms with E-state index < -0.39 is 17.5 Å². The van der Waals surface area contributed by atoms with Gasteiger partial charge < -0.3 is 9.84 Å². The van der Waals surface area contributed by atoms with Crippen LogP contribution in [0.25, 0.3) is 0 Å². The highest BCUT2D eigenvalue weighted by atomic mass is 19.3. The van der Waals surface area contributed by atoms with Crippen molar-refractivity contribution in [2.45, 2.75) is 24.0 Å². The second kappa shape index (κ2) is 2.03. The third-order valence-corrected chi connectivity index (χ3v) is 7.46. The van der Waals surface area contributed by atoms with Crippen molar-refractivity contribution >= 4 is 5.97 Å². The molecule has 5 aliphatic carbocycles. The molecule has 2 saturated heterocycles. The van der Waals surface area contributed by atoms with Gasteiger partial charge in [0, 0.05) is 11.8 Å². The summed E-state index contributed by atoms with van der Waals surface area (Å²) in [5.74, 6) is -3.63. The number of carboxylic acid groups (broad SMARTS) is 1. The summed E-state index contributed by atoms with van der Waals surface area (Å²) in [6.45, 7) is 0. The molecule has 7 aliphatic rings. The van der Waals surface area contributed by atoms with Crippen LogP contribution in [0.1, 0.15) is 6.42 Å². The standard InChI is InChI=1S/C13H12F2O3/c14-13(15,11(16)17)12-8-3-1-2-4-5(3)9(12)7(4)10(18-12)6(2)8/h2-10H,1H2,(H,16,17)/t2-,3+,4+,5+,6+,7-,8-,9+,10-,12+/m0/s1. The van der Waals surface area contributed by atoms with Crippen molar-refractivity contribution in [3.8, 4) is 0 Å². The quantitative estimate of drug-likeness (QED) is 0.806. The molecule has 2 heterocycles. The molecule has 0 aromatic carbocycles. The predicted molar refractivity (Wildman–Crippen MR) is 52.7 cm³/mol. The summed E-state index contributed by atoms with van der Waals surface area (Å²) >= 11 is 0. The van der Waals surface area contributed by atoms with E-state index in [1.807, 2.05) is 0 Å². The maximum absolute atomic E-state index is 14.3. The molecule has 10 atom stereocenters. The summed E-state index contributed by atoms with van der Waals surface area (Å²) < 4.78 is 34.4. The van der Waals surface area contributed by atoms with E-state index in [1.54, 1.807) is 0 Å². The van der Waals surface area contributed by atoms with Gasteiger partial charge in [-0.3, -0.25) is 0 Å². The molecular weight excluding hydrogens is 242 g/mol. The number of hydrogen-bond donors (Lipinski definition) is 1. The molecule has 7 rings (SSSR count). The first-order chi connectivity index (χ1) is 8.52. The molecule has 2 aliphatic heterocycles. The van der Waals surface area contributed by atoms with Crippen LogP contribution < -0.4 is 0 Å². The number of hydrogen-bond acceptors (Lipinski definition) is 2. The number of ether oxygens (including phenoxy) is 1. The van der Waals surface area contributed by atoms with E-state index in [9.17, 15) is 13.6 Å². The predicted octanol–water partition coefficient (Wildman–Crippen LogP) is 1.23. The van der Waals surface area contributed by atoms with E-state index in [1.165, 1.54) is 0 Å². The van der Waals surface area contributed by atoms with Crippen molar-refractivity contribution in [1.82, 2.24) is 0 Å². The van der Waals surface area contributed by atoms with Crippen molar-refractivity contribution < 1.29 is 23.4 Å². The summed E-state index contributed by atoms with van der Waals surface area (Å²) in [5.41, 5.74) is -1.63. The Balaban J connectivity index is 1.65. The summed E-state index contributed by atoms with van der Waals surface area (Å²) in [7, 11) is 0. The average molecular weight is 254 g/mol. The zero-order chi connectivity index (χ0) is 12.2. The third-order valence-electron chi connectivity index (χ3n) is 7.46. The van der Waals surface area contributed by atoms with Crippen LogP contribution in [-0.4, -0.2) is 28.7 Å². The Morgan fingerprint density at radius 1 is 1.17 bits per heavy atom. The summed E-state index contributed by atoms with van der Waals surface area (Å²) in [6, 6.07) is 0. The minimum Gasteiger partial charge on any atom is -0.477 e. The van der Waals surface area contributed by atoms with Gasteiger partial charge in [0.1, 0.15) is 0 Å². The molecule has 0 radical (unpaired) electrons. The maximum Gasteiger partial charge on any atom is 0.377 e. The van der Waals surface area contributed by atoms with E-state index in [-0.39, 0.29) is 29.8 Å². The molecule has 0 unspecified atom stereocenters. The second-order valence-electron chi connectivity index (χ2n) is 7.18. The first-order valence-electron chi connectivity index (χ1n) is 6.81.